The van der Waals surface area contributed by atoms with Crippen molar-refractivity contribution in [1.82, 2.24) is 5.32 Å². The van der Waals surface area contributed by atoms with Crippen molar-refractivity contribution in [3.8, 4) is 11.5 Å². The van der Waals surface area contributed by atoms with Gasteiger partial charge in [-0.15, -0.1) is 0 Å². The van der Waals surface area contributed by atoms with Gasteiger partial charge in [0.25, 0.3) is 0 Å². The number of rotatable bonds is 5. The summed E-state index contributed by atoms with van der Waals surface area (Å²) in [6, 6.07) is 13.5. The van der Waals surface area contributed by atoms with Gasteiger partial charge in [0.1, 0.15) is 11.5 Å². The van der Waals surface area contributed by atoms with Crippen LogP contribution in [0.25, 0.3) is 0 Å². The lowest BCUT2D eigenvalue weighted by molar-refractivity contribution is 0.470. The summed E-state index contributed by atoms with van der Waals surface area (Å²) in [7, 11) is 0. The van der Waals surface area contributed by atoms with Crippen LogP contribution in [0.5, 0.6) is 11.5 Å². The van der Waals surface area contributed by atoms with Gasteiger partial charge in [0.05, 0.1) is 4.47 Å². The minimum atomic E-state index is 0.669. The molecule has 0 heterocycles. The molecular weight excluding hydrogens is 326 g/mol. The molecule has 0 aliphatic heterocycles. The summed E-state index contributed by atoms with van der Waals surface area (Å²) in [5.74, 6) is 1.56. The van der Waals surface area contributed by atoms with E-state index in [1.165, 1.54) is 0 Å². The quantitative estimate of drug-likeness (QED) is 0.826. The van der Waals surface area contributed by atoms with Crippen molar-refractivity contribution in [3.63, 3.8) is 0 Å². The normalized spacial score (nSPS) is 10.5. The molecule has 4 heteroatoms. The highest BCUT2D eigenvalue weighted by Crippen LogP contribution is 2.32. The molecule has 0 radical (unpaired) electrons. The Labute approximate surface area is 126 Å². The highest BCUT2D eigenvalue weighted by Gasteiger charge is 2.07. The second-order valence-corrected chi connectivity index (χ2v) is 5.36. The first kappa shape index (κ1) is 14.4. The first-order valence-electron chi connectivity index (χ1n) is 6.12. The highest BCUT2D eigenvalue weighted by atomic mass is 79.9. The molecule has 0 saturated heterocycles. The van der Waals surface area contributed by atoms with Gasteiger partial charge in [0.2, 0.25) is 0 Å². The van der Waals surface area contributed by atoms with E-state index in [0.29, 0.717) is 5.02 Å². The first-order chi connectivity index (χ1) is 9.20. The van der Waals surface area contributed by atoms with E-state index in [0.717, 1.165) is 34.6 Å². The number of nitrogens with one attached hydrogen (secondary N) is 1. The molecule has 0 fully saturated rings. The highest BCUT2D eigenvalue weighted by molar-refractivity contribution is 9.10. The zero-order chi connectivity index (χ0) is 13.7. The minimum Gasteiger partial charge on any atom is -0.456 e. The van der Waals surface area contributed by atoms with Crippen LogP contribution in [0, 0.1) is 0 Å². The maximum absolute atomic E-state index is 6.04. The van der Waals surface area contributed by atoms with Gasteiger partial charge in [-0.3, -0.25) is 0 Å². The van der Waals surface area contributed by atoms with E-state index in [9.17, 15) is 0 Å². The van der Waals surface area contributed by atoms with Crippen LogP contribution in [0.2, 0.25) is 5.02 Å². The summed E-state index contributed by atoms with van der Waals surface area (Å²) in [6.45, 7) is 3.74. The van der Waals surface area contributed by atoms with Crippen molar-refractivity contribution in [2.75, 3.05) is 6.54 Å². The van der Waals surface area contributed by atoms with Gasteiger partial charge >= 0.3 is 0 Å². The fourth-order valence-corrected chi connectivity index (χ4v) is 2.20. The monoisotopic (exact) mass is 339 g/mol. The fourth-order valence-electron chi connectivity index (χ4n) is 1.68. The van der Waals surface area contributed by atoms with Gasteiger partial charge in [-0.2, -0.15) is 0 Å². The van der Waals surface area contributed by atoms with E-state index in [4.69, 9.17) is 16.3 Å². The molecule has 19 heavy (non-hydrogen) atoms. The molecule has 1 N–H and O–H groups in total. The van der Waals surface area contributed by atoms with Crippen LogP contribution in [0.1, 0.15) is 12.5 Å². The molecule has 2 nitrogen and oxygen atoms in total. The Balaban J connectivity index is 2.27. The Kier molecular flexibility index (Phi) is 5.25. The van der Waals surface area contributed by atoms with E-state index >= 15 is 0 Å². The van der Waals surface area contributed by atoms with Crippen LogP contribution in [0.4, 0.5) is 0 Å². The molecule has 2 aromatic carbocycles. The molecule has 0 aliphatic carbocycles. The van der Waals surface area contributed by atoms with Gasteiger partial charge < -0.3 is 10.1 Å². The maximum atomic E-state index is 6.04. The molecule has 0 aromatic heterocycles. The molecule has 0 unspecified atom stereocenters. The molecule has 2 rings (SSSR count). The molecule has 100 valence electrons. The van der Waals surface area contributed by atoms with Crippen molar-refractivity contribution in [2.24, 2.45) is 0 Å². The summed E-state index contributed by atoms with van der Waals surface area (Å²) in [5, 5.41) is 3.96. The maximum Gasteiger partial charge on any atom is 0.141 e. The average molecular weight is 341 g/mol. The molecule has 0 bridgehead atoms. The van der Waals surface area contributed by atoms with Gasteiger partial charge in [0, 0.05) is 17.1 Å². The third-order valence-electron chi connectivity index (χ3n) is 2.65. The van der Waals surface area contributed by atoms with Crippen molar-refractivity contribution in [2.45, 2.75) is 13.5 Å². The number of ether oxygens (including phenoxy) is 1. The zero-order valence-corrected chi connectivity index (χ0v) is 13.0. The van der Waals surface area contributed by atoms with Crippen LogP contribution < -0.4 is 10.1 Å². The van der Waals surface area contributed by atoms with Crippen LogP contribution in [-0.4, -0.2) is 6.54 Å². The topological polar surface area (TPSA) is 21.3 Å². The first-order valence-corrected chi connectivity index (χ1v) is 7.29. The van der Waals surface area contributed by atoms with E-state index < -0.39 is 0 Å². The Morgan fingerprint density at radius 3 is 2.68 bits per heavy atom. The fraction of sp³-hybridized carbons (Fsp3) is 0.200. The number of benzene rings is 2. The molecule has 2 aromatic rings. The van der Waals surface area contributed by atoms with Gasteiger partial charge in [-0.1, -0.05) is 36.7 Å². The van der Waals surface area contributed by atoms with Crippen molar-refractivity contribution >= 4 is 27.5 Å². The third kappa shape index (κ3) is 3.96. The number of halogens is 2. The van der Waals surface area contributed by atoms with E-state index in [2.05, 4.69) is 28.2 Å². The predicted molar refractivity (Wildman–Crippen MR) is 83.0 cm³/mol. The Morgan fingerprint density at radius 2 is 1.95 bits per heavy atom. The van der Waals surface area contributed by atoms with Crippen molar-refractivity contribution in [1.29, 1.82) is 0 Å². The summed E-state index contributed by atoms with van der Waals surface area (Å²) in [5.41, 5.74) is 1.09. The van der Waals surface area contributed by atoms with Gasteiger partial charge in [-0.25, -0.2) is 0 Å². The summed E-state index contributed by atoms with van der Waals surface area (Å²) in [6.07, 6.45) is 0. The molecular formula is C15H15BrClNO. The van der Waals surface area contributed by atoms with E-state index in [1.807, 2.05) is 42.5 Å². The smallest absolute Gasteiger partial charge is 0.141 e. The second kappa shape index (κ2) is 6.94. The van der Waals surface area contributed by atoms with E-state index in [1.54, 1.807) is 0 Å². The Hall–Kier alpha value is -1.03. The van der Waals surface area contributed by atoms with E-state index in [-0.39, 0.29) is 0 Å². The summed E-state index contributed by atoms with van der Waals surface area (Å²) >= 11 is 9.52. The number of hydrogen-bond acceptors (Lipinski definition) is 2. The SMILES string of the molecule is CCNCc1ccc(Cl)cc1Oc1ccccc1Br. The lowest BCUT2D eigenvalue weighted by Gasteiger charge is -2.13. The zero-order valence-electron chi connectivity index (χ0n) is 10.6. The summed E-state index contributed by atoms with van der Waals surface area (Å²) < 4.78 is 6.87. The van der Waals surface area contributed by atoms with Crippen LogP contribution >= 0.6 is 27.5 Å². The lowest BCUT2D eigenvalue weighted by atomic mass is 10.2. The predicted octanol–water partition coefficient (Wildman–Crippen LogP) is 5.00. The molecule has 0 atom stereocenters. The second-order valence-electron chi connectivity index (χ2n) is 4.06. The minimum absolute atomic E-state index is 0.669. The van der Waals surface area contributed by atoms with Gasteiger partial charge in [-0.05, 0) is 46.7 Å². The van der Waals surface area contributed by atoms with Crippen molar-refractivity contribution < 1.29 is 4.74 Å². The standard InChI is InChI=1S/C15H15BrClNO/c1-2-18-10-11-7-8-12(17)9-15(11)19-14-6-4-3-5-13(14)16/h3-9,18H,2,10H2,1H3. The lowest BCUT2D eigenvalue weighted by Crippen LogP contribution is -2.12. The van der Waals surface area contributed by atoms with Crippen LogP contribution in [0.15, 0.2) is 46.9 Å². The molecule has 0 amide bonds. The van der Waals surface area contributed by atoms with Gasteiger partial charge in [0.15, 0.2) is 0 Å². The number of para-hydroxylation sites is 1. The van der Waals surface area contributed by atoms with Crippen molar-refractivity contribution in [3.05, 3.63) is 57.5 Å². The summed E-state index contributed by atoms with van der Waals surface area (Å²) in [4.78, 5) is 0. The average Bonchev–Trinajstić information content (AvgIpc) is 2.40. The van der Waals surface area contributed by atoms with Crippen LogP contribution in [0.3, 0.4) is 0 Å². The Bertz CT molecular complexity index is 560. The number of hydrogen-bond donors (Lipinski definition) is 1. The third-order valence-corrected chi connectivity index (χ3v) is 3.54. The largest absolute Gasteiger partial charge is 0.456 e. The molecule has 0 aliphatic rings. The molecule has 0 saturated carbocycles. The van der Waals surface area contributed by atoms with Crippen LogP contribution in [-0.2, 0) is 6.54 Å². The Morgan fingerprint density at radius 1 is 1.16 bits per heavy atom. The molecule has 0 spiro atoms.